The van der Waals surface area contributed by atoms with Crippen LogP contribution in [0.4, 0.5) is 10.1 Å². The minimum Gasteiger partial charge on any atom is -0.454 e. The molecule has 0 saturated heterocycles. The van der Waals surface area contributed by atoms with Crippen LogP contribution in [0.1, 0.15) is 11.1 Å². The first-order valence-electron chi connectivity index (χ1n) is 5.34. The second kappa shape index (κ2) is 4.76. The van der Waals surface area contributed by atoms with Gasteiger partial charge in [-0.05, 0) is 36.8 Å². The molecular formula is C14H11FN2O. The highest BCUT2D eigenvalue weighted by Gasteiger charge is 2.08. The molecule has 0 aromatic heterocycles. The van der Waals surface area contributed by atoms with Crippen LogP contribution in [-0.4, -0.2) is 0 Å². The van der Waals surface area contributed by atoms with E-state index in [1.165, 1.54) is 12.1 Å². The van der Waals surface area contributed by atoms with Crippen LogP contribution in [0.25, 0.3) is 0 Å². The number of nitriles is 1. The molecule has 2 aromatic rings. The van der Waals surface area contributed by atoms with Gasteiger partial charge < -0.3 is 10.5 Å². The number of anilines is 1. The third kappa shape index (κ3) is 2.41. The summed E-state index contributed by atoms with van der Waals surface area (Å²) >= 11 is 0. The summed E-state index contributed by atoms with van der Waals surface area (Å²) < 4.78 is 19.1. The number of hydrogen-bond acceptors (Lipinski definition) is 3. The van der Waals surface area contributed by atoms with Crippen LogP contribution in [0.15, 0.2) is 36.4 Å². The van der Waals surface area contributed by atoms with E-state index in [9.17, 15) is 4.39 Å². The standard InChI is InChI=1S/C14H11FN2O/c1-9-2-4-11(17)7-14(9)18-13-5-3-10(8-16)6-12(13)15/h2-7H,17H2,1H3. The number of nitrogen functional groups attached to an aromatic ring is 1. The highest BCUT2D eigenvalue weighted by molar-refractivity contribution is 5.50. The summed E-state index contributed by atoms with van der Waals surface area (Å²) in [5.41, 5.74) is 7.30. The average molecular weight is 242 g/mol. The molecule has 0 radical (unpaired) electrons. The van der Waals surface area contributed by atoms with Crippen LogP contribution in [0, 0.1) is 24.1 Å². The summed E-state index contributed by atoms with van der Waals surface area (Å²) in [6.45, 7) is 1.84. The van der Waals surface area contributed by atoms with E-state index in [4.69, 9.17) is 15.7 Å². The molecule has 0 unspecified atom stereocenters. The monoisotopic (exact) mass is 242 g/mol. The molecule has 0 spiro atoms. The van der Waals surface area contributed by atoms with Crippen LogP contribution in [0.5, 0.6) is 11.5 Å². The van der Waals surface area contributed by atoms with E-state index >= 15 is 0 Å². The Bertz CT molecular complexity index is 632. The number of ether oxygens (including phenoxy) is 1. The maximum atomic E-state index is 13.6. The fourth-order valence-corrected chi connectivity index (χ4v) is 1.50. The predicted molar refractivity (Wildman–Crippen MR) is 66.8 cm³/mol. The second-order valence-electron chi connectivity index (χ2n) is 3.88. The van der Waals surface area contributed by atoms with Gasteiger partial charge in [-0.3, -0.25) is 0 Å². The van der Waals surface area contributed by atoms with Crippen LogP contribution in [0.3, 0.4) is 0 Å². The number of nitrogens with zero attached hydrogens (tertiary/aromatic N) is 1. The lowest BCUT2D eigenvalue weighted by atomic mass is 10.2. The number of aryl methyl sites for hydroxylation is 1. The number of nitrogens with two attached hydrogens (primary N) is 1. The maximum absolute atomic E-state index is 13.6. The van der Waals surface area contributed by atoms with Crippen LogP contribution in [0.2, 0.25) is 0 Å². The Morgan fingerprint density at radius 1 is 1.17 bits per heavy atom. The summed E-state index contributed by atoms with van der Waals surface area (Å²) in [6, 6.07) is 11.1. The fraction of sp³-hybridized carbons (Fsp3) is 0.0714. The van der Waals surface area contributed by atoms with E-state index < -0.39 is 5.82 Å². The van der Waals surface area contributed by atoms with E-state index in [0.29, 0.717) is 11.4 Å². The normalized spacial score (nSPS) is 9.83. The molecule has 0 heterocycles. The third-order valence-electron chi connectivity index (χ3n) is 2.49. The smallest absolute Gasteiger partial charge is 0.167 e. The first-order valence-corrected chi connectivity index (χ1v) is 5.34. The zero-order chi connectivity index (χ0) is 13.1. The Morgan fingerprint density at radius 2 is 1.94 bits per heavy atom. The topological polar surface area (TPSA) is 59.0 Å². The lowest BCUT2D eigenvalue weighted by Crippen LogP contribution is -1.93. The minimum absolute atomic E-state index is 0.0719. The molecule has 0 amide bonds. The zero-order valence-electron chi connectivity index (χ0n) is 9.77. The van der Waals surface area contributed by atoms with Crippen molar-refractivity contribution in [3.8, 4) is 17.6 Å². The molecule has 0 saturated carbocycles. The van der Waals surface area contributed by atoms with Crippen molar-refractivity contribution in [2.24, 2.45) is 0 Å². The molecule has 3 nitrogen and oxygen atoms in total. The quantitative estimate of drug-likeness (QED) is 0.821. The molecule has 0 fully saturated rings. The molecule has 0 atom stereocenters. The Balaban J connectivity index is 2.34. The van der Waals surface area contributed by atoms with Crippen molar-refractivity contribution in [3.05, 3.63) is 53.3 Å². The van der Waals surface area contributed by atoms with Crippen LogP contribution >= 0.6 is 0 Å². The summed E-state index contributed by atoms with van der Waals surface area (Å²) in [5.74, 6) is -0.00261. The number of halogens is 1. The Kier molecular flexibility index (Phi) is 3.16. The van der Waals surface area contributed by atoms with Crippen molar-refractivity contribution < 1.29 is 9.13 Å². The van der Waals surface area contributed by atoms with Crippen molar-refractivity contribution in [1.29, 1.82) is 5.26 Å². The molecule has 2 rings (SSSR count). The first-order chi connectivity index (χ1) is 8.60. The number of benzene rings is 2. The van der Waals surface area contributed by atoms with Crippen molar-refractivity contribution in [2.75, 3.05) is 5.73 Å². The average Bonchev–Trinajstić information content (AvgIpc) is 2.36. The van der Waals surface area contributed by atoms with Gasteiger partial charge in [-0.15, -0.1) is 0 Å². The van der Waals surface area contributed by atoms with E-state index in [1.54, 1.807) is 18.2 Å². The largest absolute Gasteiger partial charge is 0.454 e. The predicted octanol–water partition coefficient (Wildman–Crippen LogP) is 3.38. The highest BCUT2D eigenvalue weighted by Crippen LogP contribution is 2.29. The SMILES string of the molecule is Cc1ccc(N)cc1Oc1ccc(C#N)cc1F. The van der Waals surface area contributed by atoms with Crippen molar-refractivity contribution in [2.45, 2.75) is 6.92 Å². The lowest BCUT2D eigenvalue weighted by molar-refractivity contribution is 0.439. The Hall–Kier alpha value is -2.54. The summed E-state index contributed by atoms with van der Waals surface area (Å²) in [6.07, 6.45) is 0. The van der Waals surface area contributed by atoms with Crippen molar-refractivity contribution in [3.63, 3.8) is 0 Å². The molecule has 0 aliphatic rings. The minimum atomic E-state index is -0.573. The summed E-state index contributed by atoms with van der Waals surface area (Å²) in [5, 5.41) is 8.65. The highest BCUT2D eigenvalue weighted by atomic mass is 19.1. The van der Waals surface area contributed by atoms with Crippen molar-refractivity contribution in [1.82, 2.24) is 0 Å². The molecule has 90 valence electrons. The van der Waals surface area contributed by atoms with Gasteiger partial charge >= 0.3 is 0 Å². The van der Waals surface area contributed by atoms with E-state index in [-0.39, 0.29) is 11.3 Å². The van der Waals surface area contributed by atoms with Gasteiger partial charge in [0.15, 0.2) is 11.6 Å². The summed E-state index contributed by atoms with van der Waals surface area (Å²) in [4.78, 5) is 0. The van der Waals surface area contributed by atoms with E-state index in [1.807, 2.05) is 13.0 Å². The van der Waals surface area contributed by atoms with E-state index in [0.717, 1.165) is 11.6 Å². The molecule has 0 bridgehead atoms. The maximum Gasteiger partial charge on any atom is 0.167 e. The fourth-order valence-electron chi connectivity index (χ4n) is 1.50. The van der Waals surface area contributed by atoms with Gasteiger partial charge in [0.25, 0.3) is 0 Å². The van der Waals surface area contributed by atoms with E-state index in [2.05, 4.69) is 0 Å². The Labute approximate surface area is 104 Å². The van der Waals surface area contributed by atoms with Crippen LogP contribution in [-0.2, 0) is 0 Å². The molecule has 0 aliphatic carbocycles. The molecular weight excluding hydrogens is 231 g/mol. The molecule has 4 heteroatoms. The van der Waals surface area contributed by atoms with Gasteiger partial charge in [-0.1, -0.05) is 6.07 Å². The number of hydrogen-bond donors (Lipinski definition) is 1. The van der Waals surface area contributed by atoms with Gasteiger partial charge in [0.1, 0.15) is 5.75 Å². The van der Waals surface area contributed by atoms with Crippen LogP contribution < -0.4 is 10.5 Å². The number of rotatable bonds is 2. The van der Waals surface area contributed by atoms with Gasteiger partial charge in [-0.2, -0.15) is 5.26 Å². The van der Waals surface area contributed by atoms with Gasteiger partial charge in [-0.25, -0.2) is 4.39 Å². The molecule has 2 N–H and O–H groups in total. The zero-order valence-corrected chi connectivity index (χ0v) is 9.77. The summed E-state index contributed by atoms with van der Waals surface area (Å²) in [7, 11) is 0. The lowest BCUT2D eigenvalue weighted by Gasteiger charge is -2.10. The Morgan fingerprint density at radius 3 is 2.61 bits per heavy atom. The molecule has 0 aliphatic heterocycles. The second-order valence-corrected chi connectivity index (χ2v) is 3.88. The van der Waals surface area contributed by atoms with Crippen molar-refractivity contribution >= 4 is 5.69 Å². The molecule has 2 aromatic carbocycles. The first kappa shape index (κ1) is 11.9. The van der Waals surface area contributed by atoms with Gasteiger partial charge in [0, 0.05) is 11.8 Å². The van der Waals surface area contributed by atoms with Gasteiger partial charge in [0.05, 0.1) is 11.6 Å². The molecule has 18 heavy (non-hydrogen) atoms. The van der Waals surface area contributed by atoms with Gasteiger partial charge in [0.2, 0.25) is 0 Å². The third-order valence-corrected chi connectivity index (χ3v) is 2.49.